The van der Waals surface area contributed by atoms with Gasteiger partial charge in [-0.1, -0.05) is 25.1 Å². The summed E-state index contributed by atoms with van der Waals surface area (Å²) in [5.41, 5.74) is 2.10. The van der Waals surface area contributed by atoms with E-state index in [9.17, 15) is 0 Å². The van der Waals surface area contributed by atoms with Gasteiger partial charge < -0.3 is 4.74 Å². The first-order valence-electron chi connectivity index (χ1n) is 5.14. The van der Waals surface area contributed by atoms with Gasteiger partial charge in [0.15, 0.2) is 0 Å². The van der Waals surface area contributed by atoms with E-state index in [2.05, 4.69) is 18.0 Å². The molecule has 2 heteroatoms. The fraction of sp³-hybridized carbons (Fsp3) is 0.308. The van der Waals surface area contributed by atoms with E-state index in [0.29, 0.717) is 0 Å². The highest BCUT2D eigenvalue weighted by molar-refractivity contribution is 5.57. The summed E-state index contributed by atoms with van der Waals surface area (Å²) in [7, 11) is 1.66. The average molecular weight is 203 g/mol. The van der Waals surface area contributed by atoms with Gasteiger partial charge in [-0.25, -0.2) is 0 Å². The Morgan fingerprint density at radius 3 is 2.73 bits per heavy atom. The highest BCUT2D eigenvalue weighted by atomic mass is 16.5. The molecule has 1 rings (SSSR count). The molecule has 80 valence electrons. The van der Waals surface area contributed by atoms with Gasteiger partial charge in [0.2, 0.25) is 0 Å². The highest BCUT2D eigenvalue weighted by Gasteiger charge is 2.01. The van der Waals surface area contributed by atoms with Crippen molar-refractivity contribution >= 4 is 5.76 Å². The zero-order valence-corrected chi connectivity index (χ0v) is 9.53. The molecule has 1 heterocycles. The minimum atomic E-state index is 0.788. The van der Waals surface area contributed by atoms with E-state index in [1.165, 1.54) is 5.56 Å². The molecule has 0 unspecified atom stereocenters. The summed E-state index contributed by atoms with van der Waals surface area (Å²) in [6, 6.07) is 4.06. The van der Waals surface area contributed by atoms with E-state index in [4.69, 9.17) is 4.74 Å². The van der Waals surface area contributed by atoms with Crippen LogP contribution in [0.4, 0.5) is 0 Å². The molecular formula is C13H17NO. The molecule has 0 aromatic carbocycles. The molecule has 0 aliphatic carbocycles. The number of aromatic nitrogens is 1. The van der Waals surface area contributed by atoms with Gasteiger partial charge >= 0.3 is 0 Å². The molecule has 0 aliphatic rings. The van der Waals surface area contributed by atoms with Crippen LogP contribution in [-0.4, -0.2) is 12.1 Å². The molecular weight excluding hydrogens is 186 g/mol. The second kappa shape index (κ2) is 6.02. The average Bonchev–Trinajstić information content (AvgIpc) is 2.31. The predicted molar refractivity (Wildman–Crippen MR) is 63.4 cm³/mol. The van der Waals surface area contributed by atoms with Crippen molar-refractivity contribution in [2.45, 2.75) is 20.3 Å². The van der Waals surface area contributed by atoms with Crippen molar-refractivity contribution in [2.75, 3.05) is 7.11 Å². The number of pyridine rings is 1. The van der Waals surface area contributed by atoms with E-state index in [0.717, 1.165) is 17.9 Å². The van der Waals surface area contributed by atoms with Crippen LogP contribution in [0.5, 0.6) is 0 Å². The van der Waals surface area contributed by atoms with Crippen molar-refractivity contribution in [2.24, 2.45) is 0 Å². The minimum absolute atomic E-state index is 0.788. The maximum atomic E-state index is 5.26. The molecule has 0 saturated carbocycles. The third-order valence-corrected chi connectivity index (χ3v) is 2.15. The third-order valence-electron chi connectivity index (χ3n) is 2.15. The van der Waals surface area contributed by atoms with Crippen LogP contribution in [0.1, 0.15) is 25.1 Å². The van der Waals surface area contributed by atoms with E-state index >= 15 is 0 Å². The van der Waals surface area contributed by atoms with Crippen LogP contribution in [0.3, 0.4) is 0 Å². The van der Waals surface area contributed by atoms with Gasteiger partial charge in [-0.05, 0) is 31.1 Å². The smallest absolute Gasteiger partial charge is 0.144 e. The van der Waals surface area contributed by atoms with Crippen molar-refractivity contribution < 1.29 is 4.74 Å². The number of nitrogens with zero attached hydrogens (tertiary/aromatic N) is 1. The normalized spacial score (nSPS) is 12.1. The van der Waals surface area contributed by atoms with Crippen molar-refractivity contribution in [1.82, 2.24) is 4.98 Å². The summed E-state index contributed by atoms with van der Waals surface area (Å²) in [4.78, 5) is 4.35. The second-order valence-corrected chi connectivity index (χ2v) is 3.17. The van der Waals surface area contributed by atoms with E-state index in [1.54, 1.807) is 7.11 Å². The maximum Gasteiger partial charge on any atom is 0.144 e. The summed E-state index contributed by atoms with van der Waals surface area (Å²) < 4.78 is 5.26. The number of methoxy groups -OCH3 is 1. The lowest BCUT2D eigenvalue weighted by atomic mass is 10.2. The van der Waals surface area contributed by atoms with E-state index in [-0.39, 0.29) is 0 Å². The van der Waals surface area contributed by atoms with Crippen molar-refractivity contribution in [3.8, 4) is 0 Å². The summed E-state index contributed by atoms with van der Waals surface area (Å²) in [5.74, 6) is 0.788. The van der Waals surface area contributed by atoms with Crippen LogP contribution >= 0.6 is 0 Å². The Balaban J connectivity index is 2.92. The molecule has 1 aromatic rings. The topological polar surface area (TPSA) is 22.1 Å². The SMILES string of the molecule is C/C=C/C=C(\OC)c1ccc(CC)cn1. The molecule has 2 nitrogen and oxygen atoms in total. The predicted octanol–water partition coefficient (Wildman–Crippen LogP) is 3.21. The summed E-state index contributed by atoms with van der Waals surface area (Å²) in [6.45, 7) is 4.08. The fourth-order valence-corrected chi connectivity index (χ4v) is 1.22. The lowest BCUT2D eigenvalue weighted by Gasteiger charge is -2.05. The number of aryl methyl sites for hydroxylation is 1. The molecule has 1 aromatic heterocycles. The summed E-state index contributed by atoms with van der Waals surface area (Å²) >= 11 is 0. The Morgan fingerprint density at radius 1 is 1.47 bits per heavy atom. The molecule has 0 N–H and O–H groups in total. The lowest BCUT2D eigenvalue weighted by molar-refractivity contribution is 0.368. The van der Waals surface area contributed by atoms with Gasteiger partial charge in [0, 0.05) is 6.20 Å². The number of allylic oxidation sites excluding steroid dienone is 3. The Hall–Kier alpha value is -1.57. The lowest BCUT2D eigenvalue weighted by Crippen LogP contribution is -1.92. The van der Waals surface area contributed by atoms with Crippen LogP contribution < -0.4 is 0 Å². The van der Waals surface area contributed by atoms with Gasteiger partial charge in [0.1, 0.15) is 11.5 Å². The Labute approximate surface area is 91.3 Å². The number of hydrogen-bond acceptors (Lipinski definition) is 2. The van der Waals surface area contributed by atoms with Crippen molar-refractivity contribution in [3.05, 3.63) is 47.8 Å². The Morgan fingerprint density at radius 2 is 2.27 bits per heavy atom. The van der Waals surface area contributed by atoms with Gasteiger partial charge in [-0.2, -0.15) is 0 Å². The fourth-order valence-electron chi connectivity index (χ4n) is 1.22. The zero-order chi connectivity index (χ0) is 11.1. The van der Waals surface area contributed by atoms with Crippen LogP contribution in [-0.2, 0) is 11.2 Å². The summed E-state index contributed by atoms with van der Waals surface area (Å²) in [5, 5.41) is 0. The third kappa shape index (κ3) is 3.24. The molecule has 0 atom stereocenters. The van der Waals surface area contributed by atoms with Gasteiger partial charge in [-0.15, -0.1) is 0 Å². The first kappa shape index (κ1) is 11.5. The monoisotopic (exact) mass is 203 g/mol. The molecule has 0 bridgehead atoms. The van der Waals surface area contributed by atoms with Crippen molar-refractivity contribution in [3.63, 3.8) is 0 Å². The molecule has 0 spiro atoms. The molecule has 0 fully saturated rings. The minimum Gasteiger partial charge on any atom is -0.494 e. The summed E-state index contributed by atoms with van der Waals surface area (Å²) in [6.07, 6.45) is 8.70. The van der Waals surface area contributed by atoms with Crippen molar-refractivity contribution in [1.29, 1.82) is 0 Å². The molecule has 0 saturated heterocycles. The zero-order valence-electron chi connectivity index (χ0n) is 9.53. The highest BCUT2D eigenvalue weighted by Crippen LogP contribution is 2.13. The number of rotatable bonds is 4. The first-order valence-corrected chi connectivity index (χ1v) is 5.14. The first-order chi connectivity index (χ1) is 7.31. The number of ether oxygens (including phenoxy) is 1. The Bertz CT molecular complexity index is 349. The van der Waals surface area contributed by atoms with E-state index in [1.807, 2.05) is 37.4 Å². The van der Waals surface area contributed by atoms with Crippen LogP contribution in [0.25, 0.3) is 5.76 Å². The quantitative estimate of drug-likeness (QED) is 0.553. The van der Waals surface area contributed by atoms with E-state index < -0.39 is 0 Å². The van der Waals surface area contributed by atoms with Crippen LogP contribution in [0.2, 0.25) is 0 Å². The molecule has 0 aliphatic heterocycles. The van der Waals surface area contributed by atoms with Gasteiger partial charge in [0.25, 0.3) is 0 Å². The Kier molecular flexibility index (Phi) is 4.61. The standard InChI is InChI=1S/C13H17NO/c1-4-6-7-13(15-3)12-9-8-11(5-2)10-14-12/h4,6-10H,5H2,1-3H3/b6-4+,13-7-. The molecule has 15 heavy (non-hydrogen) atoms. The van der Waals surface area contributed by atoms with Gasteiger partial charge in [-0.3, -0.25) is 4.98 Å². The number of hydrogen-bond donors (Lipinski definition) is 0. The molecule has 0 radical (unpaired) electrons. The van der Waals surface area contributed by atoms with Crippen LogP contribution in [0.15, 0.2) is 36.6 Å². The second-order valence-electron chi connectivity index (χ2n) is 3.17. The van der Waals surface area contributed by atoms with Gasteiger partial charge in [0.05, 0.1) is 7.11 Å². The van der Waals surface area contributed by atoms with Crippen LogP contribution in [0, 0.1) is 0 Å². The maximum absolute atomic E-state index is 5.26. The molecule has 0 amide bonds. The largest absolute Gasteiger partial charge is 0.494 e.